The molecule has 0 spiro atoms. The third-order valence-electron chi connectivity index (χ3n) is 2.78. The van der Waals surface area contributed by atoms with Gasteiger partial charge < -0.3 is 5.32 Å². The van der Waals surface area contributed by atoms with E-state index in [1.54, 1.807) is 30.3 Å². The fourth-order valence-corrected chi connectivity index (χ4v) is 3.52. The first-order chi connectivity index (χ1) is 11.4. The molecule has 24 heavy (non-hydrogen) atoms. The lowest BCUT2D eigenvalue weighted by Gasteiger charge is -2.07. The van der Waals surface area contributed by atoms with Crippen LogP contribution in [0, 0.1) is 10.1 Å². The number of anilines is 2. The van der Waals surface area contributed by atoms with Gasteiger partial charge in [-0.2, -0.15) is 0 Å². The number of nitrogens with zero attached hydrogens (tertiary/aromatic N) is 2. The zero-order valence-electron chi connectivity index (χ0n) is 12.3. The van der Waals surface area contributed by atoms with Gasteiger partial charge in [0.05, 0.1) is 10.7 Å². The molecule has 0 saturated carbocycles. The fourth-order valence-electron chi connectivity index (χ4n) is 1.75. The Hall–Kier alpha value is -2.53. The quantitative estimate of drug-likeness (QED) is 0.541. The summed E-state index contributed by atoms with van der Waals surface area (Å²) in [6, 6.07) is 8.43. The van der Waals surface area contributed by atoms with E-state index in [1.165, 1.54) is 0 Å². The second-order valence-electron chi connectivity index (χ2n) is 4.70. The third kappa shape index (κ3) is 5.59. The Bertz CT molecular complexity index is 820. The molecule has 0 aliphatic carbocycles. The number of carbonyl (C=O) groups excluding carboxylic acids is 1. The van der Waals surface area contributed by atoms with Gasteiger partial charge in [-0.05, 0) is 29.9 Å². The lowest BCUT2D eigenvalue weighted by molar-refractivity contribution is -0.380. The van der Waals surface area contributed by atoms with Crippen molar-refractivity contribution in [2.24, 2.45) is 0 Å². The van der Waals surface area contributed by atoms with Crippen molar-refractivity contribution in [3.8, 4) is 0 Å². The number of aromatic nitrogens is 1. The minimum atomic E-state index is -3.54. The van der Waals surface area contributed by atoms with Crippen LogP contribution in [0.2, 0.25) is 0 Å². The van der Waals surface area contributed by atoms with E-state index in [2.05, 4.69) is 15.0 Å². The summed E-state index contributed by atoms with van der Waals surface area (Å²) in [4.78, 5) is 25.3. The van der Waals surface area contributed by atoms with Crippen LogP contribution in [0.15, 0.2) is 36.5 Å². The number of thiazole rings is 1. The first-order valence-corrected chi connectivity index (χ1v) is 9.28. The SMILES string of the molecule is O=C(CCCS(=O)(=O)Nc1ccccc1)Nc1ncc([N+](=O)[O-])s1. The maximum atomic E-state index is 11.9. The molecule has 1 aromatic heterocycles. The number of rotatable bonds is 8. The lowest BCUT2D eigenvalue weighted by atomic mass is 10.3. The van der Waals surface area contributed by atoms with E-state index < -0.39 is 20.9 Å². The number of benzene rings is 1. The minimum Gasteiger partial charge on any atom is -0.302 e. The van der Waals surface area contributed by atoms with Gasteiger partial charge in [-0.15, -0.1) is 0 Å². The van der Waals surface area contributed by atoms with E-state index in [9.17, 15) is 23.3 Å². The van der Waals surface area contributed by atoms with Crippen LogP contribution in [0.3, 0.4) is 0 Å². The van der Waals surface area contributed by atoms with Gasteiger partial charge in [-0.1, -0.05) is 18.2 Å². The molecule has 0 saturated heterocycles. The van der Waals surface area contributed by atoms with Crippen LogP contribution in [0.1, 0.15) is 12.8 Å². The first kappa shape index (κ1) is 17.8. The average Bonchev–Trinajstić information content (AvgIpc) is 2.96. The first-order valence-electron chi connectivity index (χ1n) is 6.81. The van der Waals surface area contributed by atoms with Crippen LogP contribution < -0.4 is 10.0 Å². The predicted molar refractivity (Wildman–Crippen MR) is 90.5 cm³/mol. The van der Waals surface area contributed by atoms with Crippen LogP contribution in [0.4, 0.5) is 15.8 Å². The van der Waals surface area contributed by atoms with Gasteiger partial charge in [-0.25, -0.2) is 13.4 Å². The van der Waals surface area contributed by atoms with Crippen molar-refractivity contribution in [2.75, 3.05) is 15.8 Å². The molecular weight excluding hydrogens is 356 g/mol. The van der Waals surface area contributed by atoms with Crippen LogP contribution in [-0.4, -0.2) is 30.0 Å². The standard InChI is InChI=1S/C13H14N4O5S2/c18-11(15-13-14-9-12(23-13)17(19)20)7-4-8-24(21,22)16-10-5-2-1-3-6-10/h1-3,5-6,9,16H,4,7-8H2,(H,14,15,18). The molecule has 0 bridgehead atoms. The molecular formula is C13H14N4O5S2. The largest absolute Gasteiger partial charge is 0.345 e. The molecule has 1 heterocycles. The van der Waals surface area contributed by atoms with E-state index in [4.69, 9.17) is 0 Å². The molecule has 11 heteroatoms. The maximum Gasteiger partial charge on any atom is 0.345 e. The molecule has 2 aromatic rings. The summed E-state index contributed by atoms with van der Waals surface area (Å²) in [6.07, 6.45) is 1.12. The van der Waals surface area contributed by atoms with E-state index >= 15 is 0 Å². The smallest absolute Gasteiger partial charge is 0.302 e. The van der Waals surface area contributed by atoms with Crippen LogP contribution >= 0.6 is 11.3 Å². The van der Waals surface area contributed by atoms with E-state index in [0.717, 1.165) is 17.5 Å². The van der Waals surface area contributed by atoms with Crippen molar-refractivity contribution in [1.82, 2.24) is 4.98 Å². The van der Waals surface area contributed by atoms with Crippen LogP contribution in [0.25, 0.3) is 0 Å². The summed E-state index contributed by atoms with van der Waals surface area (Å²) in [6.45, 7) is 0. The molecule has 0 aliphatic rings. The number of nitrogens with one attached hydrogen (secondary N) is 2. The van der Waals surface area contributed by atoms with Crippen LogP contribution in [-0.2, 0) is 14.8 Å². The Morgan fingerprint density at radius 2 is 2.00 bits per heavy atom. The lowest BCUT2D eigenvalue weighted by Crippen LogP contribution is -2.19. The summed E-state index contributed by atoms with van der Waals surface area (Å²) < 4.78 is 26.2. The van der Waals surface area contributed by atoms with Gasteiger partial charge in [-0.3, -0.25) is 19.6 Å². The zero-order valence-corrected chi connectivity index (χ0v) is 14.0. The molecule has 1 aromatic carbocycles. The Balaban J connectivity index is 1.78. The number of para-hydroxylation sites is 1. The second kappa shape index (κ2) is 7.84. The highest BCUT2D eigenvalue weighted by Crippen LogP contribution is 2.25. The Morgan fingerprint density at radius 3 is 2.62 bits per heavy atom. The molecule has 0 radical (unpaired) electrons. The monoisotopic (exact) mass is 370 g/mol. The van der Waals surface area contributed by atoms with Gasteiger partial charge in [0.2, 0.25) is 15.9 Å². The van der Waals surface area contributed by atoms with Crippen molar-refractivity contribution in [1.29, 1.82) is 0 Å². The zero-order chi connectivity index (χ0) is 17.6. The molecule has 2 N–H and O–H groups in total. The second-order valence-corrected chi connectivity index (χ2v) is 7.55. The molecule has 1 amide bonds. The highest BCUT2D eigenvalue weighted by molar-refractivity contribution is 7.92. The topological polar surface area (TPSA) is 131 Å². The summed E-state index contributed by atoms with van der Waals surface area (Å²) in [7, 11) is -3.54. The molecule has 0 atom stereocenters. The Labute approximate surface area is 141 Å². The number of carbonyl (C=O) groups is 1. The minimum absolute atomic E-state index is 0.0386. The molecule has 0 unspecified atom stereocenters. The van der Waals surface area contributed by atoms with Crippen molar-refractivity contribution < 1.29 is 18.1 Å². The van der Waals surface area contributed by atoms with Gasteiger partial charge in [0.25, 0.3) is 0 Å². The molecule has 9 nitrogen and oxygen atoms in total. The van der Waals surface area contributed by atoms with Gasteiger partial charge in [0.1, 0.15) is 6.20 Å². The average molecular weight is 370 g/mol. The van der Waals surface area contributed by atoms with Crippen molar-refractivity contribution >= 4 is 43.1 Å². The number of amides is 1. The number of hydrogen-bond acceptors (Lipinski definition) is 7. The summed E-state index contributed by atoms with van der Waals surface area (Å²) in [5, 5.41) is 12.9. The Kier molecular flexibility index (Phi) is 5.82. The maximum absolute atomic E-state index is 11.9. The molecule has 128 valence electrons. The number of sulfonamides is 1. The molecule has 2 rings (SSSR count). The fraction of sp³-hybridized carbons (Fsp3) is 0.231. The van der Waals surface area contributed by atoms with Crippen molar-refractivity contribution in [3.63, 3.8) is 0 Å². The molecule has 0 aliphatic heterocycles. The van der Waals surface area contributed by atoms with Gasteiger partial charge in [0.15, 0.2) is 5.13 Å². The highest BCUT2D eigenvalue weighted by atomic mass is 32.2. The normalized spacial score (nSPS) is 11.0. The van der Waals surface area contributed by atoms with Gasteiger partial charge >= 0.3 is 5.00 Å². The Morgan fingerprint density at radius 1 is 1.29 bits per heavy atom. The van der Waals surface area contributed by atoms with E-state index in [0.29, 0.717) is 5.69 Å². The van der Waals surface area contributed by atoms with Crippen molar-refractivity contribution in [2.45, 2.75) is 12.8 Å². The summed E-state index contributed by atoms with van der Waals surface area (Å²) in [5.74, 6) is -0.665. The van der Waals surface area contributed by atoms with Crippen molar-refractivity contribution in [3.05, 3.63) is 46.6 Å². The van der Waals surface area contributed by atoms with E-state index in [-0.39, 0.29) is 28.7 Å². The summed E-state index contributed by atoms with van der Waals surface area (Å²) in [5.41, 5.74) is 0.456. The van der Waals surface area contributed by atoms with E-state index in [1.807, 2.05) is 0 Å². The highest BCUT2D eigenvalue weighted by Gasteiger charge is 2.15. The summed E-state index contributed by atoms with van der Waals surface area (Å²) >= 11 is 0.737. The number of hydrogen-bond donors (Lipinski definition) is 2. The predicted octanol–water partition coefficient (Wildman–Crippen LogP) is 2.21. The van der Waals surface area contributed by atoms with Gasteiger partial charge in [0, 0.05) is 12.1 Å². The van der Waals surface area contributed by atoms with Crippen LogP contribution in [0.5, 0.6) is 0 Å². The molecule has 0 fully saturated rings. The number of nitro groups is 1. The third-order valence-corrected chi connectivity index (χ3v) is 5.02.